The van der Waals surface area contributed by atoms with E-state index >= 15 is 4.39 Å². The Labute approximate surface area is 290 Å². The van der Waals surface area contributed by atoms with Gasteiger partial charge in [-0.2, -0.15) is 10.1 Å². The molecular formula is C39H38F2N4O4Si. The van der Waals surface area contributed by atoms with Crippen molar-refractivity contribution in [3.63, 3.8) is 0 Å². The maximum Gasteiger partial charge on any atom is 0.261 e. The lowest BCUT2D eigenvalue weighted by Crippen LogP contribution is -2.66. The quantitative estimate of drug-likeness (QED) is 0.133. The van der Waals surface area contributed by atoms with E-state index in [0.717, 1.165) is 22.0 Å². The SMILES string of the molecule is CC(C)(C)[Si](OC/C=C(\F)COc1cc(F)ccc1-n1ncc2c(OCc3ccccc3)nc(CO)nc21)(c1ccccc1)c1ccccc1. The van der Waals surface area contributed by atoms with Gasteiger partial charge in [-0.25, -0.2) is 18.4 Å². The molecule has 0 spiro atoms. The zero-order chi connectivity index (χ0) is 35.1. The highest BCUT2D eigenvalue weighted by Crippen LogP contribution is 2.37. The standard InChI is InChI=1S/C39H38F2N4O4Si/c1-39(2,3)50(31-15-9-5-10-16-31,32-17-11-6-12-18-32)49-22-21-30(41)27-47-35-23-29(40)19-20-34(35)45-37-33(24-42-45)38(44-36(25-46)43-37)48-26-28-13-7-4-8-14-28/h4-21,23-24,46H,22,25-27H2,1-3H3/b30-21-. The van der Waals surface area contributed by atoms with Crippen LogP contribution in [0.2, 0.25) is 5.04 Å². The van der Waals surface area contributed by atoms with Gasteiger partial charge in [-0.3, -0.25) is 0 Å². The largest absolute Gasteiger partial charge is 0.484 e. The van der Waals surface area contributed by atoms with Crippen molar-refractivity contribution in [3.05, 3.63) is 144 Å². The molecule has 0 unspecified atom stereocenters. The van der Waals surface area contributed by atoms with Gasteiger partial charge in [-0.05, 0) is 39.2 Å². The summed E-state index contributed by atoms with van der Waals surface area (Å²) in [4.78, 5) is 8.79. The number of rotatable bonds is 13. The Morgan fingerprint density at radius 1 is 0.860 bits per heavy atom. The number of halogens is 2. The number of aromatic nitrogens is 4. The van der Waals surface area contributed by atoms with Gasteiger partial charge in [0, 0.05) is 6.07 Å². The Hall–Kier alpha value is -5.23. The molecule has 0 saturated heterocycles. The molecule has 1 N–H and O–H groups in total. The first-order valence-electron chi connectivity index (χ1n) is 16.2. The van der Waals surface area contributed by atoms with Crippen molar-refractivity contribution in [3.8, 4) is 17.3 Å². The first-order chi connectivity index (χ1) is 24.2. The van der Waals surface area contributed by atoms with Crippen LogP contribution in [0.3, 0.4) is 0 Å². The molecule has 0 aliphatic carbocycles. The lowest BCUT2D eigenvalue weighted by Gasteiger charge is -2.42. The van der Waals surface area contributed by atoms with Crippen LogP contribution in [0.15, 0.2) is 127 Å². The first kappa shape index (κ1) is 34.6. The summed E-state index contributed by atoms with van der Waals surface area (Å²) in [5.41, 5.74) is 1.55. The second kappa shape index (κ2) is 15.1. The van der Waals surface area contributed by atoms with Crippen LogP contribution in [0.25, 0.3) is 16.7 Å². The third-order valence-corrected chi connectivity index (χ3v) is 13.3. The minimum Gasteiger partial charge on any atom is -0.484 e. The summed E-state index contributed by atoms with van der Waals surface area (Å²) in [6.45, 7) is 5.79. The van der Waals surface area contributed by atoms with Gasteiger partial charge in [-0.15, -0.1) is 0 Å². The van der Waals surface area contributed by atoms with Crippen molar-refractivity contribution in [2.75, 3.05) is 13.2 Å². The van der Waals surface area contributed by atoms with Gasteiger partial charge in [0.05, 0.1) is 12.8 Å². The number of hydrogen-bond acceptors (Lipinski definition) is 7. The minimum absolute atomic E-state index is 0.00882. The molecule has 6 rings (SSSR count). The number of aliphatic hydroxyl groups excluding tert-OH is 1. The molecule has 2 aromatic heterocycles. The van der Waals surface area contributed by atoms with Crippen LogP contribution in [-0.2, 0) is 17.6 Å². The summed E-state index contributed by atoms with van der Waals surface area (Å²) < 4.78 is 50.0. The zero-order valence-corrected chi connectivity index (χ0v) is 29.1. The number of hydrogen-bond donors (Lipinski definition) is 1. The lowest BCUT2D eigenvalue weighted by atomic mass is 10.2. The van der Waals surface area contributed by atoms with Crippen molar-refractivity contribution in [1.29, 1.82) is 0 Å². The van der Waals surface area contributed by atoms with E-state index in [1.54, 1.807) is 0 Å². The molecule has 0 aliphatic rings. The summed E-state index contributed by atoms with van der Waals surface area (Å²) in [7, 11) is -2.87. The molecule has 0 saturated carbocycles. The molecule has 0 amide bonds. The van der Waals surface area contributed by atoms with Crippen LogP contribution < -0.4 is 19.8 Å². The van der Waals surface area contributed by atoms with Gasteiger partial charge in [0.25, 0.3) is 8.32 Å². The molecule has 0 atom stereocenters. The van der Waals surface area contributed by atoms with E-state index in [1.807, 2.05) is 66.7 Å². The molecule has 4 aromatic carbocycles. The Bertz CT molecular complexity index is 2030. The second-order valence-electron chi connectivity index (χ2n) is 12.7. The lowest BCUT2D eigenvalue weighted by molar-refractivity contribution is 0.262. The second-order valence-corrected chi connectivity index (χ2v) is 17.0. The molecule has 11 heteroatoms. The topological polar surface area (TPSA) is 91.5 Å². The van der Waals surface area contributed by atoms with Crippen LogP contribution in [0.4, 0.5) is 8.78 Å². The van der Waals surface area contributed by atoms with Crippen molar-refractivity contribution in [1.82, 2.24) is 19.7 Å². The highest BCUT2D eigenvalue weighted by Gasteiger charge is 2.49. The van der Waals surface area contributed by atoms with E-state index in [4.69, 9.17) is 13.9 Å². The van der Waals surface area contributed by atoms with Crippen LogP contribution in [0.5, 0.6) is 11.6 Å². The Kier molecular flexibility index (Phi) is 10.5. The molecule has 256 valence electrons. The Balaban J connectivity index is 1.24. The number of nitrogens with zero attached hydrogens (tertiary/aromatic N) is 4. The third-order valence-electron chi connectivity index (χ3n) is 8.34. The zero-order valence-electron chi connectivity index (χ0n) is 28.1. The fourth-order valence-electron chi connectivity index (χ4n) is 6.01. The fourth-order valence-corrected chi connectivity index (χ4v) is 10.5. The maximum absolute atomic E-state index is 15.5. The highest BCUT2D eigenvalue weighted by atomic mass is 28.4. The summed E-state index contributed by atoms with van der Waals surface area (Å²) in [5.74, 6) is -0.764. The summed E-state index contributed by atoms with van der Waals surface area (Å²) in [6.07, 6.45) is 2.88. The summed E-state index contributed by atoms with van der Waals surface area (Å²) >= 11 is 0. The molecule has 50 heavy (non-hydrogen) atoms. The van der Waals surface area contributed by atoms with E-state index in [0.29, 0.717) is 16.7 Å². The normalized spacial score (nSPS) is 12.3. The van der Waals surface area contributed by atoms with Crippen molar-refractivity contribution in [2.24, 2.45) is 0 Å². The molecule has 0 radical (unpaired) electrons. The van der Waals surface area contributed by atoms with E-state index in [-0.39, 0.29) is 35.7 Å². The molecule has 2 heterocycles. The summed E-state index contributed by atoms with van der Waals surface area (Å²) in [5, 5.41) is 16.7. The van der Waals surface area contributed by atoms with Crippen LogP contribution in [0.1, 0.15) is 32.2 Å². The smallest absolute Gasteiger partial charge is 0.261 e. The van der Waals surface area contributed by atoms with Crippen LogP contribution in [0, 0.1) is 5.82 Å². The molecule has 0 aliphatic heterocycles. The molecule has 6 aromatic rings. The van der Waals surface area contributed by atoms with Crippen LogP contribution in [-0.4, -0.2) is 46.4 Å². The average Bonchev–Trinajstić information content (AvgIpc) is 3.56. The highest BCUT2D eigenvalue weighted by molar-refractivity contribution is 6.99. The van der Waals surface area contributed by atoms with Gasteiger partial charge in [-0.1, -0.05) is 112 Å². The van der Waals surface area contributed by atoms with E-state index in [9.17, 15) is 9.50 Å². The first-order valence-corrected chi connectivity index (χ1v) is 18.1. The Morgan fingerprint density at radius 3 is 2.12 bits per heavy atom. The van der Waals surface area contributed by atoms with Gasteiger partial charge < -0.3 is 19.0 Å². The van der Waals surface area contributed by atoms with Gasteiger partial charge in [0.2, 0.25) is 5.88 Å². The fraction of sp³-hybridized carbons (Fsp3) is 0.205. The van der Waals surface area contributed by atoms with Gasteiger partial charge >= 0.3 is 0 Å². The van der Waals surface area contributed by atoms with E-state index in [2.05, 4.69) is 60.1 Å². The number of fused-ring (bicyclic) bond motifs is 1. The predicted octanol–water partition coefficient (Wildman–Crippen LogP) is 6.83. The van der Waals surface area contributed by atoms with Gasteiger partial charge in [0.15, 0.2) is 11.5 Å². The molecule has 0 bridgehead atoms. The van der Waals surface area contributed by atoms with Crippen LogP contribution >= 0.6 is 0 Å². The molecule has 8 nitrogen and oxygen atoms in total. The van der Waals surface area contributed by atoms with Gasteiger partial charge in [0.1, 0.15) is 48.3 Å². The number of benzene rings is 4. The number of ether oxygens (including phenoxy) is 2. The van der Waals surface area contributed by atoms with Crippen molar-refractivity contribution in [2.45, 2.75) is 39.0 Å². The molecular weight excluding hydrogens is 655 g/mol. The van der Waals surface area contributed by atoms with E-state index < -0.39 is 33.2 Å². The summed E-state index contributed by atoms with van der Waals surface area (Å²) in [6, 6.07) is 33.7. The average molecular weight is 693 g/mol. The van der Waals surface area contributed by atoms with Crippen molar-refractivity contribution < 1.29 is 27.8 Å². The Morgan fingerprint density at radius 2 is 1.50 bits per heavy atom. The minimum atomic E-state index is -2.87. The van der Waals surface area contributed by atoms with E-state index in [1.165, 1.54) is 29.1 Å². The monoisotopic (exact) mass is 692 g/mol. The maximum atomic E-state index is 15.5. The van der Waals surface area contributed by atoms with Crippen molar-refractivity contribution >= 4 is 29.7 Å². The third kappa shape index (κ3) is 7.35. The predicted molar refractivity (Wildman–Crippen MR) is 192 cm³/mol. The molecule has 0 fully saturated rings. The number of aliphatic hydroxyl groups is 1.